The van der Waals surface area contributed by atoms with E-state index in [0.29, 0.717) is 17.8 Å². The van der Waals surface area contributed by atoms with Crippen molar-refractivity contribution in [2.24, 2.45) is 0 Å². The Kier molecular flexibility index (Phi) is 4.03. The molecule has 2 saturated heterocycles. The van der Waals surface area contributed by atoms with E-state index in [1.807, 2.05) is 22.5 Å². The molecule has 2 bridgehead atoms. The fraction of sp³-hybridized carbons (Fsp3) is 0.368. The molecule has 136 valence electrons. The molecule has 4 nitrogen and oxygen atoms in total. The van der Waals surface area contributed by atoms with Crippen LogP contribution in [0.4, 0.5) is 25.8 Å². The lowest BCUT2D eigenvalue weighted by Gasteiger charge is -2.29. The fourth-order valence-corrected chi connectivity index (χ4v) is 5.24. The second kappa shape index (κ2) is 6.40. The number of piperazine rings is 1. The highest BCUT2D eigenvalue weighted by Gasteiger charge is 2.38. The molecule has 2 unspecified atom stereocenters. The zero-order chi connectivity index (χ0) is 17.7. The zero-order valence-corrected chi connectivity index (χ0v) is 15.1. The minimum absolute atomic E-state index is 0.385. The predicted octanol–water partition coefficient (Wildman–Crippen LogP) is 3.53. The standard InChI is InChI=1S/C19H20F2N4S/c20-13-5-6-17(16(21)9-13)25-19-4-2-1-3-18(19)24(26-25)8-7-23-12-14-10-15(23)11-22-14/h1-6,9,14-15,22H,7-8,10-12H2. The maximum absolute atomic E-state index is 14.3. The van der Waals surface area contributed by atoms with Gasteiger partial charge in [0, 0.05) is 44.3 Å². The van der Waals surface area contributed by atoms with Crippen LogP contribution in [0.25, 0.3) is 0 Å². The predicted molar refractivity (Wildman–Crippen MR) is 102 cm³/mol. The summed E-state index contributed by atoms with van der Waals surface area (Å²) >= 11 is 1.48. The van der Waals surface area contributed by atoms with Crippen LogP contribution in [0.1, 0.15) is 6.42 Å². The molecule has 1 N–H and O–H groups in total. The largest absolute Gasteiger partial charge is 0.311 e. The third kappa shape index (κ3) is 2.74. The Morgan fingerprint density at radius 1 is 1.04 bits per heavy atom. The van der Waals surface area contributed by atoms with E-state index in [-0.39, 0.29) is 0 Å². The van der Waals surface area contributed by atoms with Gasteiger partial charge in [-0.25, -0.2) is 8.78 Å². The van der Waals surface area contributed by atoms with Crippen LogP contribution >= 0.6 is 12.1 Å². The second-order valence-electron chi connectivity index (χ2n) is 7.05. The summed E-state index contributed by atoms with van der Waals surface area (Å²) < 4.78 is 31.7. The maximum Gasteiger partial charge on any atom is 0.150 e. The number of hydrogen-bond donors (Lipinski definition) is 1. The van der Waals surface area contributed by atoms with Crippen LogP contribution in [0.15, 0.2) is 42.5 Å². The van der Waals surface area contributed by atoms with Crippen molar-refractivity contribution in [3.05, 3.63) is 54.1 Å². The lowest BCUT2D eigenvalue weighted by molar-refractivity contribution is 0.233. The minimum atomic E-state index is -0.557. The first-order chi connectivity index (χ1) is 12.7. The van der Waals surface area contributed by atoms with Gasteiger partial charge in [0.2, 0.25) is 0 Å². The summed E-state index contributed by atoms with van der Waals surface area (Å²) in [5.41, 5.74) is 2.40. The van der Waals surface area contributed by atoms with Crippen LogP contribution in [-0.2, 0) is 0 Å². The smallest absolute Gasteiger partial charge is 0.150 e. The van der Waals surface area contributed by atoms with Crippen molar-refractivity contribution >= 4 is 29.2 Å². The van der Waals surface area contributed by atoms with E-state index in [1.54, 1.807) is 0 Å². The summed E-state index contributed by atoms with van der Waals surface area (Å²) in [4.78, 5) is 2.55. The van der Waals surface area contributed by atoms with Gasteiger partial charge in [0.1, 0.15) is 5.82 Å². The van der Waals surface area contributed by atoms with Crippen LogP contribution in [0, 0.1) is 11.6 Å². The summed E-state index contributed by atoms with van der Waals surface area (Å²) in [5.74, 6) is -1.10. The highest BCUT2D eigenvalue weighted by molar-refractivity contribution is 8.02. The van der Waals surface area contributed by atoms with Gasteiger partial charge in [-0.2, -0.15) is 0 Å². The monoisotopic (exact) mass is 374 g/mol. The van der Waals surface area contributed by atoms with E-state index >= 15 is 0 Å². The van der Waals surface area contributed by atoms with Crippen molar-refractivity contribution in [1.82, 2.24) is 10.2 Å². The van der Waals surface area contributed by atoms with Crippen molar-refractivity contribution in [2.75, 3.05) is 34.8 Å². The highest BCUT2D eigenvalue weighted by Crippen LogP contribution is 2.49. The molecule has 2 aromatic rings. The van der Waals surface area contributed by atoms with Gasteiger partial charge in [0.05, 0.1) is 29.2 Å². The molecule has 5 rings (SSSR count). The van der Waals surface area contributed by atoms with E-state index in [0.717, 1.165) is 43.6 Å². The first-order valence-electron chi connectivity index (χ1n) is 8.96. The van der Waals surface area contributed by atoms with Crippen molar-refractivity contribution in [3.63, 3.8) is 0 Å². The molecule has 7 heteroatoms. The number of nitrogens with zero attached hydrogens (tertiary/aromatic N) is 3. The molecular weight excluding hydrogens is 354 g/mol. The Morgan fingerprint density at radius 3 is 2.62 bits per heavy atom. The Hall–Kier alpha value is -1.83. The molecule has 2 aromatic carbocycles. The van der Waals surface area contributed by atoms with Crippen LogP contribution in [0.3, 0.4) is 0 Å². The van der Waals surface area contributed by atoms with Crippen LogP contribution in [0.2, 0.25) is 0 Å². The number of halogens is 2. The summed E-state index contributed by atoms with van der Waals surface area (Å²) in [6.45, 7) is 4.05. The molecule has 3 aliphatic rings. The van der Waals surface area contributed by atoms with Crippen LogP contribution in [0.5, 0.6) is 0 Å². The van der Waals surface area contributed by atoms with Crippen molar-refractivity contribution in [3.8, 4) is 0 Å². The van der Waals surface area contributed by atoms with Crippen molar-refractivity contribution < 1.29 is 8.78 Å². The topological polar surface area (TPSA) is 21.8 Å². The molecule has 26 heavy (non-hydrogen) atoms. The summed E-state index contributed by atoms with van der Waals surface area (Å²) in [6, 6.07) is 13.0. The third-order valence-corrected chi connectivity index (χ3v) is 6.57. The van der Waals surface area contributed by atoms with E-state index < -0.39 is 11.6 Å². The van der Waals surface area contributed by atoms with Gasteiger partial charge >= 0.3 is 0 Å². The molecule has 0 radical (unpaired) electrons. The average Bonchev–Trinajstić information content (AvgIpc) is 3.34. The van der Waals surface area contributed by atoms with Crippen molar-refractivity contribution in [2.45, 2.75) is 18.5 Å². The van der Waals surface area contributed by atoms with Gasteiger partial charge < -0.3 is 5.32 Å². The van der Waals surface area contributed by atoms with E-state index in [9.17, 15) is 8.78 Å². The highest BCUT2D eigenvalue weighted by atomic mass is 32.2. The molecule has 0 aromatic heterocycles. The second-order valence-corrected chi connectivity index (χ2v) is 8.02. The summed E-state index contributed by atoms with van der Waals surface area (Å²) in [5, 5.41) is 3.53. The van der Waals surface area contributed by atoms with Gasteiger partial charge in [-0.1, -0.05) is 12.1 Å². The number of anilines is 3. The number of para-hydroxylation sites is 2. The van der Waals surface area contributed by atoms with E-state index in [1.165, 1.54) is 30.7 Å². The number of nitrogens with one attached hydrogen (secondary N) is 1. The van der Waals surface area contributed by atoms with E-state index in [4.69, 9.17) is 0 Å². The summed E-state index contributed by atoms with van der Waals surface area (Å²) in [7, 11) is 0. The van der Waals surface area contributed by atoms with Crippen LogP contribution in [-0.4, -0.2) is 43.2 Å². The molecule has 2 fully saturated rings. The number of benzene rings is 2. The molecule has 3 aliphatic heterocycles. The van der Waals surface area contributed by atoms with Gasteiger partial charge in [-0.15, -0.1) is 0 Å². The average molecular weight is 374 g/mol. The molecular formula is C19H20F2N4S. The Balaban J connectivity index is 1.37. The molecule has 0 aliphatic carbocycles. The van der Waals surface area contributed by atoms with Gasteiger partial charge in [0.15, 0.2) is 5.82 Å². The quantitative estimate of drug-likeness (QED) is 0.825. The molecule has 3 heterocycles. The molecule has 0 spiro atoms. The SMILES string of the molecule is Fc1ccc(N2SN(CCN3CC4CC3CN4)c3ccccc32)c(F)c1. The fourth-order valence-electron chi connectivity index (χ4n) is 4.15. The molecule has 0 amide bonds. The minimum Gasteiger partial charge on any atom is -0.311 e. The first kappa shape index (κ1) is 16.4. The molecule has 0 saturated carbocycles. The number of rotatable bonds is 4. The van der Waals surface area contributed by atoms with Crippen LogP contribution < -0.4 is 13.9 Å². The van der Waals surface area contributed by atoms with Crippen molar-refractivity contribution in [1.29, 1.82) is 0 Å². The lowest BCUT2D eigenvalue weighted by atomic mass is 10.2. The third-order valence-electron chi connectivity index (χ3n) is 5.44. The lowest BCUT2D eigenvalue weighted by Crippen LogP contribution is -2.45. The summed E-state index contributed by atoms with van der Waals surface area (Å²) in [6.07, 6.45) is 1.25. The Bertz CT molecular complexity index is 833. The Labute approximate surface area is 156 Å². The number of likely N-dealkylation sites (tertiary alicyclic amines) is 1. The molecule has 2 atom stereocenters. The van der Waals surface area contributed by atoms with Gasteiger partial charge in [-0.05, 0) is 30.7 Å². The van der Waals surface area contributed by atoms with Gasteiger partial charge in [-0.3, -0.25) is 13.5 Å². The normalized spacial score (nSPS) is 24.5. The first-order valence-corrected chi connectivity index (χ1v) is 9.69. The van der Waals surface area contributed by atoms with E-state index in [2.05, 4.69) is 20.6 Å². The van der Waals surface area contributed by atoms with Gasteiger partial charge in [0.25, 0.3) is 0 Å². The number of fused-ring (bicyclic) bond motifs is 3. The Morgan fingerprint density at radius 2 is 1.88 bits per heavy atom. The maximum atomic E-state index is 14.3. The zero-order valence-electron chi connectivity index (χ0n) is 14.2. The number of hydrogen-bond acceptors (Lipinski definition) is 5.